The number of nitrogens with zero attached hydrogens (tertiary/aromatic N) is 6. The summed E-state index contributed by atoms with van der Waals surface area (Å²) in [4.78, 5) is 28.7. The smallest absolute Gasteiger partial charge is 0.291 e. The number of nitriles is 1. The maximum atomic E-state index is 12.5. The molecule has 2 aromatic rings. The molecular weight excluding hydrogens is 308 g/mol. The number of pyridine rings is 1. The Balaban J connectivity index is 1.63. The van der Waals surface area contributed by atoms with Crippen LogP contribution >= 0.6 is 0 Å². The predicted molar refractivity (Wildman–Crippen MR) is 85.7 cm³/mol. The number of rotatable bonds is 3. The van der Waals surface area contributed by atoms with Crippen molar-refractivity contribution in [2.24, 2.45) is 0 Å². The second-order valence-corrected chi connectivity index (χ2v) is 5.22. The Kier molecular flexibility index (Phi) is 4.52. The summed E-state index contributed by atoms with van der Waals surface area (Å²) in [7, 11) is 1.50. The van der Waals surface area contributed by atoms with Crippen LogP contribution in [0.4, 0.5) is 5.82 Å². The molecule has 0 N–H and O–H groups in total. The third kappa shape index (κ3) is 3.25. The van der Waals surface area contributed by atoms with Gasteiger partial charge in [0.05, 0.1) is 12.7 Å². The summed E-state index contributed by atoms with van der Waals surface area (Å²) in [5.74, 6) is 1.10. The Bertz CT molecular complexity index is 763. The van der Waals surface area contributed by atoms with Crippen molar-refractivity contribution in [2.75, 3.05) is 38.2 Å². The lowest BCUT2D eigenvalue weighted by Gasteiger charge is -2.35. The normalized spacial score (nSPS) is 14.2. The Morgan fingerprint density at radius 3 is 2.62 bits per heavy atom. The number of hydrogen-bond donors (Lipinski definition) is 0. The van der Waals surface area contributed by atoms with E-state index in [9.17, 15) is 4.79 Å². The number of hydrogen-bond acceptors (Lipinski definition) is 7. The standard InChI is InChI=1S/C16H16N6O2/c1-24-14-4-5-18-15(20-14)16(23)22-8-6-21(7-9-22)13-3-2-12(10-17)11-19-13/h2-5,11H,6-9H2,1H3. The molecular formula is C16H16N6O2. The van der Waals surface area contributed by atoms with Crippen molar-refractivity contribution >= 4 is 11.7 Å². The Hall–Kier alpha value is -3.21. The van der Waals surface area contributed by atoms with Gasteiger partial charge < -0.3 is 14.5 Å². The van der Waals surface area contributed by atoms with E-state index in [0.29, 0.717) is 37.6 Å². The second kappa shape index (κ2) is 6.91. The lowest BCUT2D eigenvalue weighted by Crippen LogP contribution is -2.49. The van der Waals surface area contributed by atoms with E-state index >= 15 is 0 Å². The van der Waals surface area contributed by atoms with Gasteiger partial charge in [0, 0.05) is 44.6 Å². The number of piperazine rings is 1. The molecule has 0 aromatic carbocycles. The number of carbonyl (C=O) groups excluding carboxylic acids is 1. The maximum absolute atomic E-state index is 12.5. The Morgan fingerprint density at radius 2 is 2.00 bits per heavy atom. The highest BCUT2D eigenvalue weighted by Gasteiger charge is 2.24. The van der Waals surface area contributed by atoms with Gasteiger partial charge in [0.2, 0.25) is 11.7 Å². The van der Waals surface area contributed by atoms with E-state index in [1.54, 1.807) is 23.2 Å². The van der Waals surface area contributed by atoms with Gasteiger partial charge in [-0.3, -0.25) is 4.79 Å². The average Bonchev–Trinajstić information content (AvgIpc) is 2.67. The topological polar surface area (TPSA) is 95.2 Å². The molecule has 0 spiro atoms. The van der Waals surface area contributed by atoms with Crippen LogP contribution in [0.3, 0.4) is 0 Å². The van der Waals surface area contributed by atoms with Crippen LogP contribution in [-0.4, -0.2) is 59.0 Å². The number of methoxy groups -OCH3 is 1. The highest BCUT2D eigenvalue weighted by atomic mass is 16.5. The van der Waals surface area contributed by atoms with Gasteiger partial charge >= 0.3 is 0 Å². The second-order valence-electron chi connectivity index (χ2n) is 5.22. The van der Waals surface area contributed by atoms with Gasteiger partial charge in [-0.25, -0.2) is 9.97 Å². The van der Waals surface area contributed by atoms with Gasteiger partial charge in [-0.1, -0.05) is 0 Å². The molecule has 8 heteroatoms. The van der Waals surface area contributed by atoms with E-state index in [0.717, 1.165) is 5.82 Å². The Morgan fingerprint density at radius 1 is 1.21 bits per heavy atom. The first-order chi connectivity index (χ1) is 11.7. The van der Waals surface area contributed by atoms with E-state index < -0.39 is 0 Å². The quantitative estimate of drug-likeness (QED) is 0.820. The largest absolute Gasteiger partial charge is 0.481 e. The first kappa shape index (κ1) is 15.7. The molecule has 8 nitrogen and oxygen atoms in total. The molecule has 1 aliphatic rings. The summed E-state index contributed by atoms with van der Waals surface area (Å²) in [5.41, 5.74) is 0.530. The van der Waals surface area contributed by atoms with Crippen molar-refractivity contribution < 1.29 is 9.53 Å². The fourth-order valence-electron chi connectivity index (χ4n) is 2.48. The molecule has 0 unspecified atom stereocenters. The van der Waals surface area contributed by atoms with Crippen molar-refractivity contribution in [3.8, 4) is 11.9 Å². The molecule has 0 aliphatic carbocycles. The number of aromatic nitrogens is 3. The first-order valence-electron chi connectivity index (χ1n) is 7.48. The molecule has 0 radical (unpaired) electrons. The molecule has 1 amide bonds. The van der Waals surface area contributed by atoms with Crippen molar-refractivity contribution in [2.45, 2.75) is 0 Å². The lowest BCUT2D eigenvalue weighted by molar-refractivity contribution is 0.0733. The van der Waals surface area contributed by atoms with Crippen LogP contribution in [0.1, 0.15) is 16.2 Å². The molecule has 0 saturated carbocycles. The van der Waals surface area contributed by atoms with E-state index in [4.69, 9.17) is 10.00 Å². The third-order valence-electron chi connectivity index (χ3n) is 3.80. The fourth-order valence-corrected chi connectivity index (χ4v) is 2.48. The van der Waals surface area contributed by atoms with Crippen molar-refractivity contribution in [1.29, 1.82) is 5.26 Å². The van der Waals surface area contributed by atoms with Gasteiger partial charge in [0.25, 0.3) is 5.91 Å². The molecule has 3 heterocycles. The zero-order chi connectivity index (χ0) is 16.9. The minimum absolute atomic E-state index is 0.138. The van der Waals surface area contributed by atoms with E-state index in [1.165, 1.54) is 13.3 Å². The highest BCUT2D eigenvalue weighted by Crippen LogP contribution is 2.15. The number of amides is 1. The van der Waals surface area contributed by atoms with Crippen LogP contribution in [0.2, 0.25) is 0 Å². The van der Waals surface area contributed by atoms with E-state index in [-0.39, 0.29) is 11.7 Å². The van der Waals surface area contributed by atoms with Gasteiger partial charge in [-0.15, -0.1) is 0 Å². The molecule has 1 aliphatic heterocycles. The number of ether oxygens (including phenoxy) is 1. The van der Waals surface area contributed by atoms with Crippen LogP contribution in [0.25, 0.3) is 0 Å². The number of carbonyl (C=O) groups is 1. The van der Waals surface area contributed by atoms with Crippen LogP contribution in [-0.2, 0) is 0 Å². The van der Waals surface area contributed by atoms with Crippen LogP contribution in [0, 0.1) is 11.3 Å². The van der Waals surface area contributed by atoms with Gasteiger partial charge in [-0.2, -0.15) is 10.2 Å². The molecule has 1 saturated heterocycles. The summed E-state index contributed by atoms with van der Waals surface area (Å²) in [6, 6.07) is 7.21. The molecule has 0 bridgehead atoms. The summed E-state index contributed by atoms with van der Waals surface area (Å²) in [6.07, 6.45) is 3.06. The minimum Gasteiger partial charge on any atom is -0.481 e. The van der Waals surface area contributed by atoms with Crippen LogP contribution in [0.15, 0.2) is 30.6 Å². The molecule has 1 fully saturated rings. The predicted octanol–water partition coefficient (Wildman–Crippen LogP) is 0.714. The molecule has 0 atom stereocenters. The number of anilines is 1. The average molecular weight is 324 g/mol. The lowest BCUT2D eigenvalue weighted by atomic mass is 10.2. The Labute approximate surface area is 139 Å². The monoisotopic (exact) mass is 324 g/mol. The summed E-state index contributed by atoms with van der Waals surface area (Å²) < 4.78 is 5.02. The minimum atomic E-state index is -0.207. The van der Waals surface area contributed by atoms with Crippen LogP contribution < -0.4 is 9.64 Å². The summed E-state index contributed by atoms with van der Waals surface area (Å²) in [6.45, 7) is 2.44. The van der Waals surface area contributed by atoms with Gasteiger partial charge in [0.15, 0.2) is 0 Å². The molecule has 2 aromatic heterocycles. The summed E-state index contributed by atoms with van der Waals surface area (Å²) >= 11 is 0. The van der Waals surface area contributed by atoms with Crippen molar-refractivity contribution in [3.05, 3.63) is 42.0 Å². The SMILES string of the molecule is COc1ccnc(C(=O)N2CCN(c3ccc(C#N)cn3)CC2)n1. The summed E-state index contributed by atoms with van der Waals surface area (Å²) in [5, 5.41) is 8.81. The molecule has 122 valence electrons. The van der Waals surface area contributed by atoms with Crippen molar-refractivity contribution in [3.63, 3.8) is 0 Å². The maximum Gasteiger partial charge on any atom is 0.291 e. The van der Waals surface area contributed by atoms with E-state index in [2.05, 4.69) is 19.9 Å². The van der Waals surface area contributed by atoms with E-state index in [1.807, 2.05) is 12.1 Å². The highest BCUT2D eigenvalue weighted by molar-refractivity contribution is 5.90. The zero-order valence-corrected chi connectivity index (χ0v) is 13.2. The first-order valence-corrected chi connectivity index (χ1v) is 7.48. The molecule has 24 heavy (non-hydrogen) atoms. The van der Waals surface area contributed by atoms with Gasteiger partial charge in [0.1, 0.15) is 11.9 Å². The van der Waals surface area contributed by atoms with Crippen molar-refractivity contribution in [1.82, 2.24) is 19.9 Å². The van der Waals surface area contributed by atoms with Gasteiger partial charge in [-0.05, 0) is 12.1 Å². The van der Waals surface area contributed by atoms with Crippen LogP contribution in [0.5, 0.6) is 5.88 Å². The zero-order valence-electron chi connectivity index (χ0n) is 13.2. The third-order valence-corrected chi connectivity index (χ3v) is 3.80. The molecule has 3 rings (SSSR count). The fraction of sp³-hybridized carbons (Fsp3) is 0.312.